The summed E-state index contributed by atoms with van der Waals surface area (Å²) in [6.45, 7) is 2.41. The monoisotopic (exact) mass is 293 g/mol. The minimum atomic E-state index is -1.55. The first kappa shape index (κ1) is 19.8. The molecule has 0 aliphatic carbocycles. The van der Waals surface area contributed by atoms with Gasteiger partial charge in [0.15, 0.2) is 0 Å². The first-order valence-electron chi connectivity index (χ1n) is 7.58. The Morgan fingerprint density at radius 1 is 0.800 bits per heavy atom. The maximum absolute atomic E-state index is 9.64. The third kappa shape index (κ3) is 8.84. The molecule has 0 heterocycles. The fraction of sp³-hybridized carbons (Fsp3) is 1.00. The first-order valence-corrected chi connectivity index (χ1v) is 7.58. The Morgan fingerprint density at radius 2 is 1.35 bits per heavy atom. The second kappa shape index (κ2) is 12.5. The Hall–Kier alpha value is -0.240. The van der Waals surface area contributed by atoms with Crippen LogP contribution in [0, 0.1) is 0 Å². The lowest BCUT2D eigenvalue weighted by molar-refractivity contribution is -0.113. The van der Waals surface area contributed by atoms with Gasteiger partial charge >= 0.3 is 0 Å². The van der Waals surface area contributed by atoms with Crippen LogP contribution in [-0.2, 0) is 0 Å². The lowest BCUT2D eigenvalue weighted by Gasteiger charge is -2.25. The number of aliphatic hydroxyl groups is 5. The van der Waals surface area contributed by atoms with E-state index in [-0.39, 0.29) is 6.54 Å². The third-order valence-corrected chi connectivity index (χ3v) is 3.39. The van der Waals surface area contributed by atoms with E-state index in [1.54, 1.807) is 0 Å². The lowest BCUT2D eigenvalue weighted by atomic mass is 10.0. The summed E-state index contributed by atoms with van der Waals surface area (Å²) in [5, 5.41) is 49.5. The molecule has 122 valence electrons. The van der Waals surface area contributed by atoms with Gasteiger partial charge in [-0.1, -0.05) is 39.0 Å². The van der Waals surface area contributed by atoms with Crippen molar-refractivity contribution in [1.82, 2.24) is 5.32 Å². The molecule has 0 aromatic rings. The molecule has 0 aliphatic heterocycles. The largest absolute Gasteiger partial charge is 0.394 e. The van der Waals surface area contributed by atoms with E-state index in [9.17, 15) is 15.3 Å². The number of aliphatic hydroxyl groups excluding tert-OH is 5. The molecule has 0 saturated carbocycles. The van der Waals surface area contributed by atoms with Crippen molar-refractivity contribution in [3.63, 3.8) is 0 Å². The van der Waals surface area contributed by atoms with Gasteiger partial charge < -0.3 is 30.8 Å². The molecule has 0 aromatic carbocycles. The van der Waals surface area contributed by atoms with Gasteiger partial charge in [-0.25, -0.2) is 0 Å². The molecule has 0 radical (unpaired) electrons. The molecular formula is C14H31NO5. The van der Waals surface area contributed by atoms with Crippen molar-refractivity contribution < 1.29 is 25.5 Å². The van der Waals surface area contributed by atoms with Crippen molar-refractivity contribution in [1.29, 1.82) is 0 Å². The van der Waals surface area contributed by atoms with Crippen molar-refractivity contribution in [2.45, 2.75) is 69.9 Å². The topological polar surface area (TPSA) is 113 Å². The van der Waals surface area contributed by atoms with Crippen molar-refractivity contribution in [2.75, 3.05) is 19.7 Å². The molecule has 0 amide bonds. The summed E-state index contributed by atoms with van der Waals surface area (Å²) in [7, 11) is 0. The molecular weight excluding hydrogens is 262 g/mol. The third-order valence-electron chi connectivity index (χ3n) is 3.39. The molecule has 6 heteroatoms. The molecule has 0 unspecified atom stereocenters. The van der Waals surface area contributed by atoms with Crippen LogP contribution in [0.1, 0.15) is 45.4 Å². The summed E-state index contributed by atoms with van der Waals surface area (Å²) in [6, 6.07) is 0. The van der Waals surface area contributed by atoms with Gasteiger partial charge in [0.25, 0.3) is 0 Å². The lowest BCUT2D eigenvalue weighted by Crippen LogP contribution is -2.49. The molecule has 0 fully saturated rings. The van der Waals surface area contributed by atoms with E-state index in [1.165, 1.54) is 25.7 Å². The summed E-state index contributed by atoms with van der Waals surface area (Å²) in [6.07, 6.45) is 1.45. The van der Waals surface area contributed by atoms with Crippen LogP contribution in [0.4, 0.5) is 0 Å². The predicted molar refractivity (Wildman–Crippen MR) is 77.4 cm³/mol. The van der Waals surface area contributed by atoms with Crippen molar-refractivity contribution in [3.8, 4) is 0 Å². The van der Waals surface area contributed by atoms with Crippen LogP contribution in [0.15, 0.2) is 0 Å². The summed E-state index contributed by atoms with van der Waals surface area (Å²) < 4.78 is 0. The fourth-order valence-corrected chi connectivity index (χ4v) is 1.96. The van der Waals surface area contributed by atoms with Crippen LogP contribution in [0.3, 0.4) is 0 Å². The fourth-order valence-electron chi connectivity index (χ4n) is 1.96. The second-order valence-corrected chi connectivity index (χ2v) is 5.27. The van der Waals surface area contributed by atoms with Gasteiger partial charge in [-0.3, -0.25) is 0 Å². The minimum absolute atomic E-state index is 0.144. The summed E-state index contributed by atoms with van der Waals surface area (Å²) >= 11 is 0. The SMILES string of the molecule is CCCCCCCCNC[C@H](O)[C@H](O)[C@@H](O)[C@H](O)CO. The maximum atomic E-state index is 9.64. The summed E-state index contributed by atoms with van der Waals surface area (Å²) in [4.78, 5) is 0. The Bertz CT molecular complexity index is 218. The quantitative estimate of drug-likeness (QED) is 0.252. The Balaban J connectivity index is 3.59. The van der Waals surface area contributed by atoms with E-state index in [0.29, 0.717) is 0 Å². The maximum Gasteiger partial charge on any atom is 0.111 e. The number of unbranched alkanes of at least 4 members (excludes halogenated alkanes) is 5. The molecule has 20 heavy (non-hydrogen) atoms. The number of hydrogen-bond donors (Lipinski definition) is 6. The van der Waals surface area contributed by atoms with Crippen LogP contribution < -0.4 is 5.32 Å². The second-order valence-electron chi connectivity index (χ2n) is 5.27. The van der Waals surface area contributed by atoms with Crippen LogP contribution in [0.25, 0.3) is 0 Å². The van der Waals surface area contributed by atoms with E-state index >= 15 is 0 Å². The minimum Gasteiger partial charge on any atom is -0.394 e. The Kier molecular flexibility index (Phi) is 12.3. The highest BCUT2D eigenvalue weighted by Gasteiger charge is 2.29. The summed E-state index contributed by atoms with van der Waals surface area (Å²) in [5.41, 5.74) is 0. The smallest absolute Gasteiger partial charge is 0.111 e. The van der Waals surface area contributed by atoms with Crippen molar-refractivity contribution in [3.05, 3.63) is 0 Å². The Morgan fingerprint density at radius 3 is 1.95 bits per heavy atom. The van der Waals surface area contributed by atoms with Crippen LogP contribution in [0.2, 0.25) is 0 Å². The molecule has 4 atom stereocenters. The van der Waals surface area contributed by atoms with Gasteiger partial charge in [0.1, 0.15) is 18.3 Å². The van der Waals surface area contributed by atoms with Gasteiger partial charge in [-0.05, 0) is 13.0 Å². The van der Waals surface area contributed by atoms with E-state index in [4.69, 9.17) is 10.2 Å². The predicted octanol–water partition coefficient (Wildman–Crippen LogP) is -0.628. The van der Waals surface area contributed by atoms with Crippen LogP contribution in [0.5, 0.6) is 0 Å². The molecule has 0 saturated heterocycles. The van der Waals surface area contributed by atoms with Gasteiger partial charge in [0, 0.05) is 6.54 Å². The zero-order chi connectivity index (χ0) is 15.4. The van der Waals surface area contributed by atoms with Gasteiger partial charge in [-0.15, -0.1) is 0 Å². The van der Waals surface area contributed by atoms with E-state index in [1.807, 2.05) is 0 Å². The average molecular weight is 293 g/mol. The number of nitrogens with one attached hydrogen (secondary N) is 1. The average Bonchev–Trinajstić information content (AvgIpc) is 2.47. The van der Waals surface area contributed by atoms with Crippen LogP contribution in [-0.4, -0.2) is 69.6 Å². The zero-order valence-electron chi connectivity index (χ0n) is 12.4. The molecule has 6 N–H and O–H groups in total. The first-order chi connectivity index (χ1) is 9.54. The van der Waals surface area contributed by atoms with E-state index in [2.05, 4.69) is 12.2 Å². The molecule has 6 nitrogen and oxygen atoms in total. The molecule has 0 spiro atoms. The van der Waals surface area contributed by atoms with Gasteiger partial charge in [-0.2, -0.15) is 0 Å². The van der Waals surface area contributed by atoms with E-state index in [0.717, 1.165) is 19.4 Å². The molecule has 0 aromatic heterocycles. The number of hydrogen-bond acceptors (Lipinski definition) is 6. The Labute approximate surface area is 121 Å². The number of rotatable bonds is 13. The highest BCUT2D eigenvalue weighted by Crippen LogP contribution is 2.06. The van der Waals surface area contributed by atoms with Crippen molar-refractivity contribution in [2.24, 2.45) is 0 Å². The molecule has 0 bridgehead atoms. The van der Waals surface area contributed by atoms with Crippen molar-refractivity contribution >= 4 is 0 Å². The zero-order valence-corrected chi connectivity index (χ0v) is 12.4. The standard InChI is InChI=1S/C14H31NO5/c1-2-3-4-5-6-7-8-15-9-11(17)13(19)14(20)12(18)10-16/h11-20H,2-10H2,1H3/t11-,12+,13-,14-/m0/s1. The van der Waals surface area contributed by atoms with E-state index < -0.39 is 31.0 Å². The molecule has 0 aliphatic rings. The highest BCUT2D eigenvalue weighted by molar-refractivity contribution is 4.81. The van der Waals surface area contributed by atoms with Crippen LogP contribution >= 0.6 is 0 Å². The summed E-state index contributed by atoms with van der Waals surface area (Å²) in [5.74, 6) is 0. The van der Waals surface area contributed by atoms with Gasteiger partial charge in [0.05, 0.1) is 12.7 Å². The molecule has 0 rings (SSSR count). The normalized spacial score (nSPS) is 17.7. The highest BCUT2D eigenvalue weighted by atomic mass is 16.4. The van der Waals surface area contributed by atoms with Gasteiger partial charge in [0.2, 0.25) is 0 Å².